The number of carbonyl (C=O) groups is 1. The molecule has 0 amide bonds. The molecule has 1 saturated carbocycles. The highest BCUT2D eigenvalue weighted by Crippen LogP contribution is 2.39. The van der Waals surface area contributed by atoms with Gasteiger partial charge in [-0.1, -0.05) is 43.2 Å². The first kappa shape index (κ1) is 12.2. The molecule has 0 saturated heterocycles. The van der Waals surface area contributed by atoms with Crippen molar-refractivity contribution in [2.75, 3.05) is 0 Å². The summed E-state index contributed by atoms with van der Waals surface area (Å²) in [5.41, 5.74) is 0.779. The van der Waals surface area contributed by atoms with Gasteiger partial charge in [-0.25, -0.2) is 0 Å². The molecule has 0 aliphatic heterocycles. The molecule has 1 aromatic carbocycles. The van der Waals surface area contributed by atoms with Crippen molar-refractivity contribution in [2.45, 2.75) is 51.0 Å². The number of esters is 1. The summed E-state index contributed by atoms with van der Waals surface area (Å²) in [6.45, 7) is 1.51. The van der Waals surface area contributed by atoms with Crippen LogP contribution in [0, 0.1) is 0 Å². The van der Waals surface area contributed by atoms with Crippen LogP contribution in [0.1, 0.15) is 51.0 Å². The van der Waals surface area contributed by atoms with Crippen molar-refractivity contribution in [3.63, 3.8) is 0 Å². The van der Waals surface area contributed by atoms with Crippen molar-refractivity contribution in [2.24, 2.45) is 0 Å². The summed E-state index contributed by atoms with van der Waals surface area (Å²) < 4.78 is 5.71. The normalized spacial score (nSPS) is 19.4. The highest BCUT2D eigenvalue weighted by atomic mass is 16.6. The summed E-state index contributed by atoms with van der Waals surface area (Å²) in [6, 6.07) is 10.2. The monoisotopic (exact) mass is 232 g/mol. The Balaban J connectivity index is 2.31. The molecule has 0 spiro atoms. The molecule has 2 nitrogen and oxygen atoms in total. The molecular formula is C15H20O2. The zero-order valence-corrected chi connectivity index (χ0v) is 10.4. The van der Waals surface area contributed by atoms with Crippen LogP contribution in [0.5, 0.6) is 0 Å². The summed E-state index contributed by atoms with van der Waals surface area (Å²) in [7, 11) is 0. The van der Waals surface area contributed by atoms with E-state index in [1.165, 1.54) is 19.8 Å². The molecule has 0 bridgehead atoms. The molecule has 0 unspecified atom stereocenters. The summed E-state index contributed by atoms with van der Waals surface area (Å²) in [5, 5.41) is 0. The Kier molecular flexibility index (Phi) is 3.82. The highest BCUT2D eigenvalue weighted by molar-refractivity contribution is 5.66. The zero-order valence-electron chi connectivity index (χ0n) is 10.4. The van der Waals surface area contributed by atoms with E-state index >= 15 is 0 Å². The van der Waals surface area contributed by atoms with Gasteiger partial charge in [0.1, 0.15) is 5.60 Å². The lowest BCUT2D eigenvalue weighted by atomic mass is 9.86. The Labute approximate surface area is 103 Å². The van der Waals surface area contributed by atoms with Crippen molar-refractivity contribution < 1.29 is 9.53 Å². The fourth-order valence-electron chi connectivity index (χ4n) is 2.77. The van der Waals surface area contributed by atoms with Crippen LogP contribution in [0.25, 0.3) is 0 Å². The second-order valence-corrected chi connectivity index (χ2v) is 4.87. The Morgan fingerprint density at radius 1 is 1.06 bits per heavy atom. The van der Waals surface area contributed by atoms with Crippen molar-refractivity contribution in [1.82, 2.24) is 0 Å². The van der Waals surface area contributed by atoms with E-state index in [-0.39, 0.29) is 11.6 Å². The smallest absolute Gasteiger partial charge is 0.303 e. The van der Waals surface area contributed by atoms with Gasteiger partial charge in [-0.3, -0.25) is 4.79 Å². The van der Waals surface area contributed by atoms with E-state index in [0.717, 1.165) is 31.2 Å². The first-order valence-corrected chi connectivity index (χ1v) is 6.48. The minimum atomic E-state index is -0.371. The van der Waals surface area contributed by atoms with Gasteiger partial charge in [0.25, 0.3) is 0 Å². The number of benzene rings is 1. The number of hydrogen-bond donors (Lipinski definition) is 0. The molecule has 0 N–H and O–H groups in total. The van der Waals surface area contributed by atoms with E-state index in [1.807, 2.05) is 18.2 Å². The lowest BCUT2D eigenvalue weighted by molar-refractivity contribution is -0.160. The quantitative estimate of drug-likeness (QED) is 0.572. The molecule has 0 atom stereocenters. The molecule has 1 aromatic rings. The molecule has 17 heavy (non-hydrogen) atoms. The Bertz CT molecular complexity index is 362. The number of ether oxygens (including phenoxy) is 1. The van der Waals surface area contributed by atoms with Gasteiger partial charge in [-0.05, 0) is 31.2 Å². The fourth-order valence-corrected chi connectivity index (χ4v) is 2.77. The first-order chi connectivity index (χ1) is 8.23. The third-order valence-corrected chi connectivity index (χ3v) is 3.55. The third-order valence-electron chi connectivity index (χ3n) is 3.55. The molecule has 0 heterocycles. The van der Waals surface area contributed by atoms with Gasteiger partial charge in [0, 0.05) is 6.92 Å². The van der Waals surface area contributed by atoms with Gasteiger partial charge >= 0.3 is 5.97 Å². The minimum Gasteiger partial charge on any atom is -0.454 e. The average molecular weight is 232 g/mol. The summed E-state index contributed by atoms with van der Waals surface area (Å²) in [4.78, 5) is 11.4. The molecule has 1 aliphatic rings. The third kappa shape index (κ3) is 2.87. The first-order valence-electron chi connectivity index (χ1n) is 6.48. The standard InChI is InChI=1S/C15H20O2/c1-13(16)17-15(11-7-2-3-8-12-15)14-9-5-4-6-10-14/h4-6,9-10H,2-3,7-8,11-12H2,1H3. The highest BCUT2D eigenvalue weighted by Gasteiger charge is 2.35. The maximum absolute atomic E-state index is 11.4. The maximum atomic E-state index is 11.4. The minimum absolute atomic E-state index is 0.171. The SMILES string of the molecule is CC(=O)OC1(c2ccccc2)CCCCCC1. The van der Waals surface area contributed by atoms with E-state index in [9.17, 15) is 4.79 Å². The van der Waals surface area contributed by atoms with Crippen molar-refractivity contribution in [1.29, 1.82) is 0 Å². The van der Waals surface area contributed by atoms with Gasteiger partial charge in [0.15, 0.2) is 0 Å². The predicted molar refractivity (Wildman–Crippen MR) is 67.6 cm³/mol. The van der Waals surface area contributed by atoms with Crippen LogP contribution in [0.15, 0.2) is 30.3 Å². The Hall–Kier alpha value is -1.31. The lowest BCUT2D eigenvalue weighted by Gasteiger charge is -2.32. The molecule has 1 fully saturated rings. The Morgan fingerprint density at radius 3 is 2.18 bits per heavy atom. The van der Waals surface area contributed by atoms with Crippen LogP contribution in [0.3, 0.4) is 0 Å². The summed E-state index contributed by atoms with van der Waals surface area (Å²) in [6.07, 6.45) is 6.68. The second-order valence-electron chi connectivity index (χ2n) is 4.87. The molecule has 0 radical (unpaired) electrons. The van der Waals surface area contributed by atoms with E-state index < -0.39 is 0 Å². The van der Waals surface area contributed by atoms with E-state index in [4.69, 9.17) is 4.74 Å². The van der Waals surface area contributed by atoms with Crippen molar-refractivity contribution in [3.8, 4) is 0 Å². The van der Waals surface area contributed by atoms with Gasteiger partial charge in [-0.15, -0.1) is 0 Å². The molecule has 1 aliphatic carbocycles. The number of rotatable bonds is 2. The van der Waals surface area contributed by atoms with Gasteiger partial charge in [0.2, 0.25) is 0 Å². The topological polar surface area (TPSA) is 26.3 Å². The van der Waals surface area contributed by atoms with Crippen LogP contribution in [-0.2, 0) is 15.1 Å². The number of hydrogen-bond acceptors (Lipinski definition) is 2. The van der Waals surface area contributed by atoms with E-state index in [0.29, 0.717) is 0 Å². The van der Waals surface area contributed by atoms with Crippen LogP contribution in [-0.4, -0.2) is 5.97 Å². The average Bonchev–Trinajstić information content (AvgIpc) is 2.56. The predicted octanol–water partition coefficient (Wildman–Crippen LogP) is 3.80. The fraction of sp³-hybridized carbons (Fsp3) is 0.533. The Morgan fingerprint density at radius 2 is 1.65 bits per heavy atom. The summed E-state index contributed by atoms with van der Waals surface area (Å²) in [5.74, 6) is -0.171. The summed E-state index contributed by atoms with van der Waals surface area (Å²) >= 11 is 0. The number of carbonyl (C=O) groups excluding carboxylic acids is 1. The second kappa shape index (κ2) is 5.35. The molecule has 2 rings (SSSR count). The van der Waals surface area contributed by atoms with E-state index in [2.05, 4.69) is 12.1 Å². The lowest BCUT2D eigenvalue weighted by Crippen LogP contribution is -2.31. The van der Waals surface area contributed by atoms with Gasteiger partial charge in [0.05, 0.1) is 0 Å². The van der Waals surface area contributed by atoms with Crippen molar-refractivity contribution >= 4 is 5.97 Å². The van der Waals surface area contributed by atoms with Gasteiger partial charge < -0.3 is 4.74 Å². The van der Waals surface area contributed by atoms with Crippen molar-refractivity contribution in [3.05, 3.63) is 35.9 Å². The molecule has 0 aromatic heterocycles. The maximum Gasteiger partial charge on any atom is 0.303 e. The van der Waals surface area contributed by atoms with Crippen LogP contribution >= 0.6 is 0 Å². The van der Waals surface area contributed by atoms with Crippen LogP contribution < -0.4 is 0 Å². The molecular weight excluding hydrogens is 212 g/mol. The largest absolute Gasteiger partial charge is 0.454 e. The zero-order chi connectivity index (χ0) is 12.1. The van der Waals surface area contributed by atoms with Gasteiger partial charge in [-0.2, -0.15) is 0 Å². The van der Waals surface area contributed by atoms with E-state index in [1.54, 1.807) is 0 Å². The van der Waals surface area contributed by atoms with Crippen LogP contribution in [0.2, 0.25) is 0 Å². The van der Waals surface area contributed by atoms with Crippen LogP contribution in [0.4, 0.5) is 0 Å². The molecule has 2 heteroatoms. The molecule has 92 valence electrons.